The van der Waals surface area contributed by atoms with E-state index in [0.29, 0.717) is 10.7 Å². The van der Waals surface area contributed by atoms with Crippen LogP contribution in [-0.4, -0.2) is 21.7 Å². The van der Waals surface area contributed by atoms with Crippen molar-refractivity contribution in [1.29, 1.82) is 0 Å². The van der Waals surface area contributed by atoms with Gasteiger partial charge in [-0.3, -0.25) is 0 Å². The Bertz CT molecular complexity index is 736. The number of anilines is 1. The van der Waals surface area contributed by atoms with Gasteiger partial charge in [0.05, 0.1) is 10.5 Å². The van der Waals surface area contributed by atoms with Gasteiger partial charge in [0, 0.05) is 28.9 Å². The van der Waals surface area contributed by atoms with Crippen LogP contribution in [0.3, 0.4) is 0 Å². The lowest BCUT2D eigenvalue weighted by molar-refractivity contribution is 0.650. The van der Waals surface area contributed by atoms with Crippen molar-refractivity contribution in [3.63, 3.8) is 0 Å². The van der Waals surface area contributed by atoms with Crippen LogP contribution < -0.4 is 5.32 Å². The second kappa shape index (κ2) is 7.28. The molecule has 1 N–H and O–H groups in total. The van der Waals surface area contributed by atoms with Crippen LogP contribution in [0.25, 0.3) is 0 Å². The smallest absolute Gasteiger partial charge is 0.145 e. The maximum atomic E-state index is 12.6. The molecule has 1 unspecified atom stereocenters. The van der Waals surface area contributed by atoms with E-state index in [1.54, 1.807) is 0 Å². The summed E-state index contributed by atoms with van der Waals surface area (Å²) >= 11 is 6.17. The zero-order valence-corrected chi connectivity index (χ0v) is 15.3. The molecule has 2 aromatic rings. The van der Waals surface area contributed by atoms with Gasteiger partial charge in [0.1, 0.15) is 11.0 Å². The van der Waals surface area contributed by atoms with Crippen molar-refractivity contribution in [3.8, 4) is 0 Å². The molecule has 2 aromatic carbocycles. The Morgan fingerprint density at radius 2 is 1.78 bits per heavy atom. The first-order valence-corrected chi connectivity index (χ1v) is 8.85. The first-order valence-electron chi connectivity index (χ1n) is 7.36. The minimum Gasteiger partial charge on any atom is -0.388 e. The lowest BCUT2D eigenvalue weighted by Crippen LogP contribution is -2.21. The molecule has 0 aliphatic carbocycles. The van der Waals surface area contributed by atoms with Gasteiger partial charge in [0.2, 0.25) is 0 Å². The summed E-state index contributed by atoms with van der Waals surface area (Å²) in [6.07, 6.45) is 0. The van der Waals surface area contributed by atoms with E-state index in [4.69, 9.17) is 11.6 Å². The molecule has 0 aromatic heterocycles. The summed E-state index contributed by atoms with van der Waals surface area (Å²) in [4.78, 5) is 0. The SMILES string of the molecule is CNc1ccc(Cl)cc1/C(=N/S(=O)C(C)(C)C)c1ccccc1. The molecule has 0 aliphatic heterocycles. The molecule has 1 atom stereocenters. The molecule has 0 spiro atoms. The van der Waals surface area contributed by atoms with Gasteiger partial charge >= 0.3 is 0 Å². The first-order chi connectivity index (χ1) is 10.8. The van der Waals surface area contributed by atoms with Gasteiger partial charge in [-0.15, -0.1) is 0 Å². The third kappa shape index (κ3) is 4.43. The van der Waals surface area contributed by atoms with Crippen molar-refractivity contribution in [2.45, 2.75) is 25.5 Å². The van der Waals surface area contributed by atoms with E-state index in [1.165, 1.54) is 0 Å². The van der Waals surface area contributed by atoms with Crippen molar-refractivity contribution in [2.24, 2.45) is 4.40 Å². The van der Waals surface area contributed by atoms with Gasteiger partial charge < -0.3 is 5.32 Å². The Hall–Kier alpha value is -1.65. The molecule has 2 rings (SSSR count). The summed E-state index contributed by atoms with van der Waals surface area (Å²) in [5.41, 5.74) is 3.31. The normalized spacial score (nSPS) is 13.7. The molecule has 0 saturated heterocycles. The minimum absolute atomic E-state index is 0.432. The Morgan fingerprint density at radius 1 is 1.13 bits per heavy atom. The quantitative estimate of drug-likeness (QED) is 0.815. The number of nitrogens with one attached hydrogen (secondary N) is 1. The Kier molecular flexibility index (Phi) is 5.60. The second-order valence-electron chi connectivity index (χ2n) is 6.11. The Labute approximate surface area is 145 Å². The number of nitrogens with zero attached hydrogens (tertiary/aromatic N) is 1. The van der Waals surface area contributed by atoms with E-state index < -0.39 is 15.7 Å². The molecular formula is C18H21ClN2OS. The zero-order valence-electron chi connectivity index (χ0n) is 13.8. The van der Waals surface area contributed by atoms with Crippen LogP contribution in [0.15, 0.2) is 52.9 Å². The third-order valence-corrected chi connectivity index (χ3v) is 4.88. The highest BCUT2D eigenvalue weighted by atomic mass is 35.5. The number of halogens is 1. The van der Waals surface area contributed by atoms with Crippen molar-refractivity contribution in [3.05, 3.63) is 64.7 Å². The summed E-state index contributed by atoms with van der Waals surface area (Å²) < 4.78 is 16.7. The molecule has 5 heteroatoms. The van der Waals surface area contributed by atoms with E-state index in [2.05, 4.69) is 9.71 Å². The van der Waals surface area contributed by atoms with Crippen LogP contribution >= 0.6 is 11.6 Å². The molecule has 122 valence electrons. The highest BCUT2D eigenvalue weighted by molar-refractivity contribution is 7.85. The maximum absolute atomic E-state index is 12.6. The predicted octanol–water partition coefficient (Wildman–Crippen LogP) is 4.68. The fraction of sp³-hybridized carbons (Fsp3) is 0.278. The molecule has 0 heterocycles. The van der Waals surface area contributed by atoms with Crippen molar-refractivity contribution in [1.82, 2.24) is 0 Å². The number of rotatable bonds is 4. The highest BCUT2D eigenvalue weighted by Gasteiger charge is 2.21. The van der Waals surface area contributed by atoms with Gasteiger partial charge in [0.25, 0.3) is 0 Å². The summed E-state index contributed by atoms with van der Waals surface area (Å²) in [5, 5.41) is 3.76. The van der Waals surface area contributed by atoms with Crippen molar-refractivity contribution < 1.29 is 4.21 Å². The van der Waals surface area contributed by atoms with Crippen molar-refractivity contribution >= 4 is 34.0 Å². The molecule has 0 radical (unpaired) electrons. The minimum atomic E-state index is -1.37. The van der Waals surface area contributed by atoms with Gasteiger partial charge in [-0.1, -0.05) is 41.9 Å². The predicted molar refractivity (Wildman–Crippen MR) is 101 cm³/mol. The molecule has 0 amide bonds. The van der Waals surface area contributed by atoms with E-state index in [0.717, 1.165) is 16.8 Å². The average molecular weight is 349 g/mol. The summed E-state index contributed by atoms with van der Waals surface area (Å²) in [6.45, 7) is 5.73. The molecule has 23 heavy (non-hydrogen) atoms. The van der Waals surface area contributed by atoms with E-state index in [1.807, 2.05) is 76.3 Å². The van der Waals surface area contributed by atoms with E-state index in [9.17, 15) is 4.21 Å². The lowest BCUT2D eigenvalue weighted by Gasteiger charge is -2.17. The average Bonchev–Trinajstić information content (AvgIpc) is 2.52. The fourth-order valence-electron chi connectivity index (χ4n) is 2.00. The monoisotopic (exact) mass is 348 g/mol. The number of benzene rings is 2. The standard InChI is InChI=1S/C18H21ClN2OS/c1-18(2,3)23(22)21-17(13-8-6-5-7-9-13)15-12-14(19)10-11-16(15)20-4/h5-12,20H,1-4H3/b21-17+. The molecule has 3 nitrogen and oxygen atoms in total. The molecule has 0 bridgehead atoms. The highest BCUT2D eigenvalue weighted by Crippen LogP contribution is 2.25. The van der Waals surface area contributed by atoms with Crippen LogP contribution in [0, 0.1) is 0 Å². The lowest BCUT2D eigenvalue weighted by atomic mass is 10.0. The van der Waals surface area contributed by atoms with Gasteiger partial charge in [-0.05, 0) is 39.0 Å². The third-order valence-electron chi connectivity index (χ3n) is 3.25. The maximum Gasteiger partial charge on any atom is 0.145 e. The second-order valence-corrected chi connectivity index (χ2v) is 8.45. The Balaban J connectivity index is 2.67. The van der Waals surface area contributed by atoms with E-state index in [-0.39, 0.29) is 0 Å². The summed E-state index contributed by atoms with van der Waals surface area (Å²) in [6, 6.07) is 15.3. The Morgan fingerprint density at radius 3 is 2.35 bits per heavy atom. The van der Waals surface area contributed by atoms with Crippen LogP contribution in [0.1, 0.15) is 31.9 Å². The molecule has 0 fully saturated rings. The molecule has 0 aliphatic rings. The molecule has 0 saturated carbocycles. The van der Waals surface area contributed by atoms with E-state index >= 15 is 0 Å². The number of hydrogen-bond acceptors (Lipinski definition) is 2. The van der Waals surface area contributed by atoms with Crippen LogP contribution in [0.4, 0.5) is 5.69 Å². The van der Waals surface area contributed by atoms with Gasteiger partial charge in [0.15, 0.2) is 0 Å². The van der Waals surface area contributed by atoms with Gasteiger partial charge in [-0.2, -0.15) is 4.40 Å². The summed E-state index contributed by atoms with van der Waals surface area (Å²) in [7, 11) is 0.475. The first kappa shape index (κ1) is 17.7. The molecular weight excluding hydrogens is 328 g/mol. The van der Waals surface area contributed by atoms with Crippen LogP contribution in [-0.2, 0) is 11.0 Å². The summed E-state index contributed by atoms with van der Waals surface area (Å²) in [5.74, 6) is 0. The van der Waals surface area contributed by atoms with Crippen molar-refractivity contribution in [2.75, 3.05) is 12.4 Å². The largest absolute Gasteiger partial charge is 0.388 e. The van der Waals surface area contributed by atoms with Crippen LogP contribution in [0.5, 0.6) is 0 Å². The van der Waals surface area contributed by atoms with Gasteiger partial charge in [-0.25, -0.2) is 4.21 Å². The topological polar surface area (TPSA) is 41.5 Å². The number of hydrogen-bond donors (Lipinski definition) is 1. The zero-order chi connectivity index (χ0) is 17.0. The fourth-order valence-corrected chi connectivity index (χ4v) is 2.82. The van der Waals surface area contributed by atoms with Crippen LogP contribution in [0.2, 0.25) is 5.02 Å².